The summed E-state index contributed by atoms with van der Waals surface area (Å²) < 4.78 is 5.44. The first-order valence-electron chi connectivity index (χ1n) is 7.70. The highest BCUT2D eigenvalue weighted by Gasteiger charge is 2.17. The maximum absolute atomic E-state index is 12.4. The van der Waals surface area contributed by atoms with Crippen molar-refractivity contribution in [3.63, 3.8) is 0 Å². The van der Waals surface area contributed by atoms with Crippen LogP contribution < -0.4 is 10.1 Å². The Labute approximate surface area is 132 Å². The fourth-order valence-corrected chi connectivity index (χ4v) is 2.35. The topological polar surface area (TPSA) is 38.3 Å². The van der Waals surface area contributed by atoms with Gasteiger partial charge in [-0.1, -0.05) is 43.3 Å². The van der Waals surface area contributed by atoms with Crippen molar-refractivity contribution in [2.45, 2.75) is 32.7 Å². The smallest absolute Gasteiger partial charge is 0.251 e. The number of hydrogen-bond acceptors (Lipinski definition) is 2. The summed E-state index contributed by atoms with van der Waals surface area (Å²) in [6.07, 6.45) is 0. The van der Waals surface area contributed by atoms with Gasteiger partial charge in [-0.2, -0.15) is 0 Å². The van der Waals surface area contributed by atoms with Gasteiger partial charge in [-0.05, 0) is 37.6 Å². The molecule has 0 saturated heterocycles. The number of hydrogen-bond donors (Lipinski definition) is 1. The molecule has 0 bridgehead atoms. The molecule has 1 amide bonds. The highest BCUT2D eigenvalue weighted by Crippen LogP contribution is 2.19. The molecule has 2 atom stereocenters. The summed E-state index contributed by atoms with van der Waals surface area (Å²) in [7, 11) is 0. The molecule has 0 unspecified atom stereocenters. The van der Waals surface area contributed by atoms with E-state index in [0.717, 1.165) is 5.75 Å². The van der Waals surface area contributed by atoms with Gasteiger partial charge in [0.15, 0.2) is 0 Å². The zero-order valence-corrected chi connectivity index (χ0v) is 13.4. The second-order valence-electron chi connectivity index (χ2n) is 5.42. The van der Waals surface area contributed by atoms with Gasteiger partial charge in [-0.3, -0.25) is 4.79 Å². The van der Waals surface area contributed by atoms with Crippen LogP contribution in [0.1, 0.15) is 42.6 Å². The zero-order valence-electron chi connectivity index (χ0n) is 13.4. The van der Waals surface area contributed by atoms with Gasteiger partial charge in [-0.25, -0.2) is 0 Å². The van der Waals surface area contributed by atoms with Crippen LogP contribution in [0.25, 0.3) is 0 Å². The highest BCUT2D eigenvalue weighted by molar-refractivity contribution is 5.94. The molecule has 0 aliphatic heterocycles. The van der Waals surface area contributed by atoms with Crippen LogP contribution in [-0.4, -0.2) is 18.6 Å². The van der Waals surface area contributed by atoms with Crippen LogP contribution in [0.2, 0.25) is 0 Å². The molecule has 0 aromatic heterocycles. The summed E-state index contributed by atoms with van der Waals surface area (Å²) in [5.41, 5.74) is 1.84. The lowest BCUT2D eigenvalue weighted by atomic mass is 9.94. The van der Waals surface area contributed by atoms with Crippen molar-refractivity contribution < 1.29 is 9.53 Å². The molecule has 3 heteroatoms. The van der Waals surface area contributed by atoms with E-state index >= 15 is 0 Å². The van der Waals surface area contributed by atoms with Crippen LogP contribution in [0.5, 0.6) is 5.75 Å². The van der Waals surface area contributed by atoms with E-state index < -0.39 is 0 Å². The van der Waals surface area contributed by atoms with E-state index in [0.29, 0.717) is 12.2 Å². The van der Waals surface area contributed by atoms with Gasteiger partial charge in [0.2, 0.25) is 0 Å². The predicted octanol–water partition coefficient (Wildman–Crippen LogP) is 4.01. The Hall–Kier alpha value is -2.29. The molecule has 0 aliphatic carbocycles. The summed E-state index contributed by atoms with van der Waals surface area (Å²) in [4.78, 5) is 12.4. The van der Waals surface area contributed by atoms with Crippen molar-refractivity contribution >= 4 is 5.91 Å². The normalized spacial score (nSPS) is 13.2. The van der Waals surface area contributed by atoms with Crippen molar-refractivity contribution in [2.24, 2.45) is 0 Å². The number of benzene rings is 2. The molecule has 0 saturated carbocycles. The van der Waals surface area contributed by atoms with E-state index in [-0.39, 0.29) is 17.9 Å². The zero-order chi connectivity index (χ0) is 15.9. The first-order chi connectivity index (χ1) is 10.6. The standard InChI is InChI=1S/C19H23NO2/c1-4-22-18-12-8-11-17(13-18)19(21)20-15(3)14(2)16-9-6-5-7-10-16/h5-15H,4H2,1-3H3,(H,20,21)/t14-,15-/m0/s1. The fourth-order valence-electron chi connectivity index (χ4n) is 2.35. The van der Waals surface area contributed by atoms with Gasteiger partial charge in [-0.15, -0.1) is 0 Å². The van der Waals surface area contributed by atoms with Crippen LogP contribution in [0.3, 0.4) is 0 Å². The van der Waals surface area contributed by atoms with Crippen LogP contribution in [0, 0.1) is 0 Å². The summed E-state index contributed by atoms with van der Waals surface area (Å²) in [5, 5.41) is 3.07. The minimum absolute atomic E-state index is 0.0469. The van der Waals surface area contributed by atoms with Gasteiger partial charge >= 0.3 is 0 Å². The lowest BCUT2D eigenvalue weighted by Crippen LogP contribution is -2.36. The Bertz CT molecular complexity index is 610. The van der Waals surface area contributed by atoms with Crippen molar-refractivity contribution in [1.29, 1.82) is 0 Å². The van der Waals surface area contributed by atoms with E-state index in [2.05, 4.69) is 24.4 Å². The third kappa shape index (κ3) is 4.10. The molecule has 0 spiro atoms. The first-order valence-corrected chi connectivity index (χ1v) is 7.70. The van der Waals surface area contributed by atoms with E-state index in [9.17, 15) is 4.79 Å². The molecular weight excluding hydrogens is 274 g/mol. The Morgan fingerprint density at radius 3 is 2.50 bits per heavy atom. The number of amides is 1. The van der Waals surface area contributed by atoms with Gasteiger partial charge in [0.25, 0.3) is 5.91 Å². The van der Waals surface area contributed by atoms with Crippen LogP contribution in [0.15, 0.2) is 54.6 Å². The van der Waals surface area contributed by atoms with Crippen LogP contribution in [0.4, 0.5) is 0 Å². The average molecular weight is 297 g/mol. The van der Waals surface area contributed by atoms with Gasteiger partial charge < -0.3 is 10.1 Å². The van der Waals surface area contributed by atoms with E-state index in [1.165, 1.54) is 5.56 Å². The lowest BCUT2D eigenvalue weighted by molar-refractivity contribution is 0.0935. The summed E-state index contributed by atoms with van der Waals surface area (Å²) in [5.74, 6) is 0.899. The Kier molecular flexibility index (Phi) is 5.59. The lowest BCUT2D eigenvalue weighted by Gasteiger charge is -2.22. The summed E-state index contributed by atoms with van der Waals surface area (Å²) >= 11 is 0. The van der Waals surface area contributed by atoms with Gasteiger partial charge in [0, 0.05) is 17.5 Å². The fraction of sp³-hybridized carbons (Fsp3) is 0.316. The Morgan fingerprint density at radius 1 is 1.09 bits per heavy atom. The predicted molar refractivity (Wildman–Crippen MR) is 89.4 cm³/mol. The van der Waals surface area contributed by atoms with Crippen molar-refractivity contribution in [3.05, 3.63) is 65.7 Å². The number of ether oxygens (including phenoxy) is 1. The van der Waals surface area contributed by atoms with E-state index in [4.69, 9.17) is 4.74 Å². The molecule has 22 heavy (non-hydrogen) atoms. The molecule has 2 aromatic rings. The third-order valence-electron chi connectivity index (χ3n) is 3.84. The molecule has 0 radical (unpaired) electrons. The molecule has 2 aromatic carbocycles. The van der Waals surface area contributed by atoms with Crippen molar-refractivity contribution in [2.75, 3.05) is 6.61 Å². The second kappa shape index (κ2) is 7.64. The number of carbonyl (C=O) groups is 1. The van der Waals surface area contributed by atoms with Gasteiger partial charge in [0.1, 0.15) is 5.75 Å². The maximum Gasteiger partial charge on any atom is 0.251 e. The summed E-state index contributed by atoms with van der Waals surface area (Å²) in [6, 6.07) is 17.5. The SMILES string of the molecule is CCOc1cccc(C(=O)N[C@@H](C)[C@H](C)c2ccccc2)c1. The molecule has 0 fully saturated rings. The number of nitrogens with one attached hydrogen (secondary N) is 1. The first kappa shape index (κ1) is 16.1. The molecule has 1 N–H and O–H groups in total. The number of rotatable bonds is 6. The molecule has 3 nitrogen and oxygen atoms in total. The molecular formula is C19H23NO2. The molecule has 0 aliphatic rings. The molecule has 116 valence electrons. The largest absolute Gasteiger partial charge is 0.494 e. The number of carbonyl (C=O) groups excluding carboxylic acids is 1. The highest BCUT2D eigenvalue weighted by atomic mass is 16.5. The Morgan fingerprint density at radius 2 is 1.82 bits per heavy atom. The van der Waals surface area contributed by atoms with Gasteiger partial charge in [0.05, 0.1) is 6.61 Å². The van der Waals surface area contributed by atoms with Crippen molar-refractivity contribution in [1.82, 2.24) is 5.32 Å². The summed E-state index contributed by atoms with van der Waals surface area (Å²) in [6.45, 7) is 6.67. The minimum atomic E-state index is -0.0724. The van der Waals surface area contributed by atoms with Crippen LogP contribution >= 0.6 is 0 Å². The second-order valence-corrected chi connectivity index (χ2v) is 5.42. The quantitative estimate of drug-likeness (QED) is 0.875. The third-order valence-corrected chi connectivity index (χ3v) is 3.84. The minimum Gasteiger partial charge on any atom is -0.494 e. The molecule has 2 rings (SSSR count). The van der Waals surface area contributed by atoms with E-state index in [1.54, 1.807) is 12.1 Å². The molecule has 0 heterocycles. The van der Waals surface area contributed by atoms with Crippen molar-refractivity contribution in [3.8, 4) is 5.75 Å². The average Bonchev–Trinajstić information content (AvgIpc) is 2.55. The van der Waals surface area contributed by atoms with Crippen LogP contribution in [-0.2, 0) is 0 Å². The monoisotopic (exact) mass is 297 g/mol. The maximum atomic E-state index is 12.4. The van der Waals surface area contributed by atoms with E-state index in [1.807, 2.05) is 44.2 Å². The Balaban J connectivity index is 2.03.